The van der Waals surface area contributed by atoms with Gasteiger partial charge in [-0.25, -0.2) is 0 Å². The van der Waals surface area contributed by atoms with E-state index in [-0.39, 0.29) is 5.91 Å². The lowest BCUT2D eigenvalue weighted by Crippen LogP contribution is -2.14. The van der Waals surface area contributed by atoms with Crippen molar-refractivity contribution < 1.29 is 4.79 Å². The molecule has 0 saturated carbocycles. The Bertz CT molecular complexity index is 414. The summed E-state index contributed by atoms with van der Waals surface area (Å²) >= 11 is 3.38. The first-order chi connectivity index (χ1) is 7.74. The van der Waals surface area contributed by atoms with Crippen LogP contribution in [0.2, 0.25) is 0 Å². The molecule has 0 heterocycles. The monoisotopic (exact) mass is 279 g/mol. The second kappa shape index (κ2) is 5.30. The molecule has 16 heavy (non-hydrogen) atoms. The van der Waals surface area contributed by atoms with Gasteiger partial charge in [-0.2, -0.15) is 0 Å². The zero-order valence-corrected chi connectivity index (χ0v) is 10.5. The van der Waals surface area contributed by atoms with Gasteiger partial charge < -0.3 is 5.32 Å². The first-order valence-corrected chi connectivity index (χ1v) is 6.25. The maximum absolute atomic E-state index is 11.7. The summed E-state index contributed by atoms with van der Waals surface area (Å²) in [6, 6.07) is 7.65. The lowest BCUT2D eigenvalue weighted by atomic mass is 10.1. The molecule has 1 amide bonds. The minimum atomic E-state index is 0.0923. The van der Waals surface area contributed by atoms with Crippen molar-refractivity contribution in [3.63, 3.8) is 0 Å². The van der Waals surface area contributed by atoms with Crippen LogP contribution in [-0.2, 0) is 4.79 Å². The molecule has 1 atom stereocenters. The van der Waals surface area contributed by atoms with Crippen LogP contribution in [0, 0.1) is 5.92 Å². The lowest BCUT2D eigenvalue weighted by molar-refractivity contribution is -0.116. The highest BCUT2D eigenvalue weighted by Gasteiger charge is 2.13. The van der Waals surface area contributed by atoms with Crippen molar-refractivity contribution in [2.45, 2.75) is 19.3 Å². The highest BCUT2D eigenvalue weighted by molar-refractivity contribution is 9.10. The number of nitrogens with one attached hydrogen (secondary N) is 1. The van der Waals surface area contributed by atoms with Gasteiger partial charge in [-0.3, -0.25) is 4.79 Å². The van der Waals surface area contributed by atoms with Gasteiger partial charge >= 0.3 is 0 Å². The Morgan fingerprint density at radius 1 is 1.50 bits per heavy atom. The molecule has 0 radical (unpaired) electrons. The number of carbonyl (C=O) groups excluding carboxylic acids is 1. The van der Waals surface area contributed by atoms with Crippen LogP contribution in [0.3, 0.4) is 0 Å². The molecule has 0 bridgehead atoms. The minimum Gasteiger partial charge on any atom is -0.326 e. The molecule has 0 unspecified atom stereocenters. The summed E-state index contributed by atoms with van der Waals surface area (Å²) in [5.41, 5.74) is 0.848. The van der Waals surface area contributed by atoms with Crippen LogP contribution >= 0.6 is 15.9 Å². The van der Waals surface area contributed by atoms with Crippen molar-refractivity contribution >= 4 is 27.5 Å². The Hall–Kier alpha value is -1.09. The smallest absolute Gasteiger partial charge is 0.224 e. The van der Waals surface area contributed by atoms with E-state index in [9.17, 15) is 4.79 Å². The van der Waals surface area contributed by atoms with Gasteiger partial charge in [0.2, 0.25) is 5.91 Å². The van der Waals surface area contributed by atoms with Crippen LogP contribution in [-0.4, -0.2) is 5.91 Å². The van der Waals surface area contributed by atoms with E-state index in [1.54, 1.807) is 0 Å². The number of anilines is 1. The van der Waals surface area contributed by atoms with Gasteiger partial charge in [-0.15, -0.1) is 0 Å². The van der Waals surface area contributed by atoms with Gasteiger partial charge in [0.1, 0.15) is 0 Å². The zero-order valence-electron chi connectivity index (χ0n) is 8.95. The van der Waals surface area contributed by atoms with Crippen LogP contribution in [0.15, 0.2) is 40.9 Å². The van der Waals surface area contributed by atoms with Crippen molar-refractivity contribution in [1.29, 1.82) is 0 Å². The van der Waals surface area contributed by atoms with Crippen LogP contribution in [0.4, 0.5) is 5.69 Å². The number of carbonyl (C=O) groups is 1. The number of hydrogen-bond donors (Lipinski definition) is 1. The summed E-state index contributed by atoms with van der Waals surface area (Å²) in [4.78, 5) is 11.7. The molecule has 1 aliphatic rings. The van der Waals surface area contributed by atoms with Gasteiger partial charge in [0, 0.05) is 16.6 Å². The molecule has 1 aromatic carbocycles. The van der Waals surface area contributed by atoms with Crippen LogP contribution in [0.1, 0.15) is 19.3 Å². The molecule has 0 aromatic heterocycles. The van der Waals surface area contributed by atoms with Gasteiger partial charge in [-0.1, -0.05) is 34.1 Å². The molecule has 0 fully saturated rings. The predicted molar refractivity (Wildman–Crippen MR) is 69.3 cm³/mol. The Labute approximate surface area is 104 Å². The summed E-state index contributed by atoms with van der Waals surface area (Å²) < 4.78 is 0.978. The molecule has 0 saturated heterocycles. The first-order valence-electron chi connectivity index (χ1n) is 5.46. The maximum atomic E-state index is 11.7. The SMILES string of the molecule is O=C(C[C@H]1C=CCC1)Nc1cccc(Br)c1. The van der Waals surface area contributed by atoms with E-state index in [2.05, 4.69) is 33.4 Å². The van der Waals surface area contributed by atoms with E-state index in [1.807, 2.05) is 24.3 Å². The van der Waals surface area contributed by atoms with E-state index in [4.69, 9.17) is 0 Å². The Morgan fingerprint density at radius 3 is 3.06 bits per heavy atom. The molecule has 1 aromatic rings. The molecule has 3 heteroatoms. The third kappa shape index (κ3) is 3.20. The van der Waals surface area contributed by atoms with Crippen molar-refractivity contribution in [3.8, 4) is 0 Å². The highest BCUT2D eigenvalue weighted by Crippen LogP contribution is 2.21. The third-order valence-corrected chi connectivity index (χ3v) is 3.16. The average Bonchev–Trinajstić information content (AvgIpc) is 2.70. The zero-order chi connectivity index (χ0) is 11.4. The Balaban J connectivity index is 1.89. The summed E-state index contributed by atoms with van der Waals surface area (Å²) in [5.74, 6) is 0.516. The Morgan fingerprint density at radius 2 is 2.38 bits per heavy atom. The maximum Gasteiger partial charge on any atom is 0.224 e. The van der Waals surface area contributed by atoms with E-state index >= 15 is 0 Å². The molecule has 84 valence electrons. The number of rotatable bonds is 3. The quantitative estimate of drug-likeness (QED) is 0.839. The molecular formula is C13H14BrNO. The molecule has 1 aliphatic carbocycles. The normalized spacial score (nSPS) is 18.7. The first kappa shape index (κ1) is 11.4. The average molecular weight is 280 g/mol. The highest BCUT2D eigenvalue weighted by atomic mass is 79.9. The standard InChI is InChI=1S/C13H14BrNO/c14-11-6-3-7-12(9-11)15-13(16)8-10-4-1-2-5-10/h1,3-4,6-7,9-10H,2,5,8H2,(H,15,16)/t10-/m0/s1. The summed E-state index contributed by atoms with van der Waals surface area (Å²) in [5, 5.41) is 2.91. The van der Waals surface area contributed by atoms with E-state index in [0.29, 0.717) is 12.3 Å². The summed E-state index contributed by atoms with van der Waals surface area (Å²) in [6.45, 7) is 0. The van der Waals surface area contributed by atoms with E-state index in [0.717, 1.165) is 23.0 Å². The fourth-order valence-corrected chi connectivity index (χ4v) is 2.28. The number of benzene rings is 1. The number of allylic oxidation sites excluding steroid dienone is 2. The van der Waals surface area contributed by atoms with Crippen molar-refractivity contribution in [2.75, 3.05) is 5.32 Å². The second-order valence-corrected chi connectivity index (χ2v) is 4.94. The van der Waals surface area contributed by atoms with Crippen molar-refractivity contribution in [3.05, 3.63) is 40.9 Å². The fraction of sp³-hybridized carbons (Fsp3) is 0.308. The second-order valence-electron chi connectivity index (χ2n) is 4.03. The molecule has 0 aliphatic heterocycles. The number of hydrogen-bond acceptors (Lipinski definition) is 1. The molecule has 1 N–H and O–H groups in total. The van der Waals surface area contributed by atoms with Crippen molar-refractivity contribution in [2.24, 2.45) is 5.92 Å². The fourth-order valence-electron chi connectivity index (χ4n) is 1.88. The van der Waals surface area contributed by atoms with Crippen LogP contribution < -0.4 is 5.32 Å². The van der Waals surface area contributed by atoms with Crippen LogP contribution in [0.5, 0.6) is 0 Å². The lowest BCUT2D eigenvalue weighted by Gasteiger charge is -2.08. The van der Waals surface area contributed by atoms with Gasteiger partial charge in [0.15, 0.2) is 0 Å². The third-order valence-electron chi connectivity index (χ3n) is 2.67. The Kier molecular flexibility index (Phi) is 3.78. The van der Waals surface area contributed by atoms with E-state index < -0.39 is 0 Å². The molecule has 2 nitrogen and oxygen atoms in total. The predicted octanol–water partition coefficient (Wildman–Crippen LogP) is 3.74. The topological polar surface area (TPSA) is 29.1 Å². The summed E-state index contributed by atoms with van der Waals surface area (Å²) in [7, 11) is 0. The molecule has 0 spiro atoms. The van der Waals surface area contributed by atoms with Gasteiger partial charge in [0.25, 0.3) is 0 Å². The van der Waals surface area contributed by atoms with Crippen molar-refractivity contribution in [1.82, 2.24) is 0 Å². The molecular weight excluding hydrogens is 266 g/mol. The summed E-state index contributed by atoms with van der Waals surface area (Å²) in [6.07, 6.45) is 7.08. The van der Waals surface area contributed by atoms with Crippen LogP contribution in [0.25, 0.3) is 0 Å². The van der Waals surface area contributed by atoms with Gasteiger partial charge in [0.05, 0.1) is 0 Å². The molecule has 2 rings (SSSR count). The minimum absolute atomic E-state index is 0.0923. The largest absolute Gasteiger partial charge is 0.326 e. The number of halogens is 1. The van der Waals surface area contributed by atoms with E-state index in [1.165, 1.54) is 0 Å². The number of amides is 1. The van der Waals surface area contributed by atoms with Gasteiger partial charge in [-0.05, 0) is 37.0 Å².